The smallest absolute Gasteiger partial charge is 0.253 e. The molecule has 3 heterocycles. The first-order chi connectivity index (χ1) is 22.1. The molecule has 9 nitrogen and oxygen atoms in total. The number of hydrogen-bond donors (Lipinski definition) is 3. The number of benzene rings is 2. The Labute approximate surface area is 271 Å². The van der Waals surface area contributed by atoms with E-state index in [0.29, 0.717) is 30.8 Å². The fourth-order valence-electron chi connectivity index (χ4n) is 6.85. The van der Waals surface area contributed by atoms with Crippen LogP contribution in [-0.2, 0) is 17.9 Å². The number of pyridine rings is 1. The maximum Gasteiger partial charge on any atom is 0.253 e. The molecule has 1 aromatic heterocycles. The van der Waals surface area contributed by atoms with Gasteiger partial charge in [-0.2, -0.15) is 0 Å². The summed E-state index contributed by atoms with van der Waals surface area (Å²) in [6.07, 6.45) is 3.62. The summed E-state index contributed by atoms with van der Waals surface area (Å²) < 4.78 is 0. The first-order valence-electron chi connectivity index (χ1n) is 16.4. The van der Waals surface area contributed by atoms with Crippen LogP contribution in [0.25, 0.3) is 11.1 Å². The summed E-state index contributed by atoms with van der Waals surface area (Å²) in [6.45, 7) is 16.2. The van der Waals surface area contributed by atoms with Crippen molar-refractivity contribution in [2.24, 2.45) is 0 Å². The predicted molar refractivity (Wildman–Crippen MR) is 183 cm³/mol. The molecule has 5 rings (SSSR count). The lowest BCUT2D eigenvalue weighted by Crippen LogP contribution is -2.39. The van der Waals surface area contributed by atoms with E-state index >= 15 is 0 Å². The van der Waals surface area contributed by atoms with Crippen molar-refractivity contribution < 1.29 is 14.7 Å². The van der Waals surface area contributed by atoms with Gasteiger partial charge in [0.25, 0.3) is 11.5 Å². The number of likely N-dealkylation sites (N-methyl/N-ethyl adjacent to an activating group) is 1. The van der Waals surface area contributed by atoms with E-state index in [-0.39, 0.29) is 36.1 Å². The zero-order valence-corrected chi connectivity index (χ0v) is 27.6. The van der Waals surface area contributed by atoms with E-state index in [1.54, 1.807) is 0 Å². The zero-order valence-electron chi connectivity index (χ0n) is 27.6. The third-order valence-electron chi connectivity index (χ3n) is 9.54. The minimum atomic E-state index is -0.241. The van der Waals surface area contributed by atoms with Gasteiger partial charge in [0.15, 0.2) is 0 Å². The topological polar surface area (TPSA) is 109 Å². The van der Waals surface area contributed by atoms with Gasteiger partial charge in [-0.3, -0.25) is 19.3 Å². The third-order valence-corrected chi connectivity index (χ3v) is 9.54. The monoisotopic (exact) mass is 625 g/mol. The molecular weight excluding hydrogens is 578 g/mol. The summed E-state index contributed by atoms with van der Waals surface area (Å²) in [5, 5.41) is 12.9. The normalized spacial score (nSPS) is 17.2. The fraction of sp³-hybridized carbons (Fsp3) is 0.432. The van der Waals surface area contributed by atoms with Crippen molar-refractivity contribution in [3.63, 3.8) is 0 Å². The lowest BCUT2D eigenvalue weighted by atomic mass is 9.95. The second-order valence-corrected chi connectivity index (χ2v) is 12.7. The third kappa shape index (κ3) is 7.43. The first-order valence-corrected chi connectivity index (χ1v) is 16.4. The Kier molecular flexibility index (Phi) is 10.4. The van der Waals surface area contributed by atoms with Crippen LogP contribution in [0.4, 0.5) is 5.69 Å². The Bertz CT molecular complexity index is 1640. The van der Waals surface area contributed by atoms with Gasteiger partial charge in [-0.15, -0.1) is 0 Å². The molecule has 2 aliphatic rings. The molecule has 2 aliphatic heterocycles. The highest BCUT2D eigenvalue weighted by atomic mass is 16.3. The van der Waals surface area contributed by atoms with Crippen LogP contribution in [0.15, 0.2) is 59.9 Å². The van der Waals surface area contributed by atoms with Crippen molar-refractivity contribution in [3.8, 4) is 11.1 Å². The van der Waals surface area contributed by atoms with Crippen LogP contribution in [0, 0.1) is 20.8 Å². The molecule has 2 saturated heterocycles. The Morgan fingerprint density at radius 1 is 1.04 bits per heavy atom. The highest BCUT2D eigenvalue weighted by Crippen LogP contribution is 2.34. The number of nitrogens with zero attached hydrogens (tertiary/aromatic N) is 3. The van der Waals surface area contributed by atoms with Gasteiger partial charge in [0.1, 0.15) is 0 Å². The van der Waals surface area contributed by atoms with Crippen molar-refractivity contribution in [2.75, 3.05) is 37.6 Å². The summed E-state index contributed by atoms with van der Waals surface area (Å²) in [5.41, 5.74) is 7.48. The fourth-order valence-corrected chi connectivity index (χ4v) is 6.85. The van der Waals surface area contributed by atoms with Gasteiger partial charge in [0, 0.05) is 74.4 Å². The summed E-state index contributed by atoms with van der Waals surface area (Å²) in [4.78, 5) is 48.2. The highest BCUT2D eigenvalue weighted by Gasteiger charge is 2.31. The number of anilines is 1. The van der Waals surface area contributed by atoms with Crippen LogP contribution in [0.1, 0.15) is 64.5 Å². The number of likely N-dealkylation sites (tertiary alicyclic amines) is 2. The number of carbonyl (C=O) groups excluding carboxylic acids is 2. The van der Waals surface area contributed by atoms with E-state index in [0.717, 1.165) is 72.5 Å². The molecule has 2 aromatic carbocycles. The molecule has 0 saturated carbocycles. The molecule has 0 bridgehead atoms. The second-order valence-electron chi connectivity index (χ2n) is 12.7. The number of aliphatic hydroxyl groups is 1. The summed E-state index contributed by atoms with van der Waals surface area (Å²) in [7, 11) is 0. The molecule has 3 N–H and O–H groups in total. The van der Waals surface area contributed by atoms with Crippen molar-refractivity contribution in [3.05, 3.63) is 99.0 Å². The molecule has 0 aliphatic carbocycles. The average molecular weight is 626 g/mol. The number of amides is 2. The predicted octanol–water partition coefficient (Wildman–Crippen LogP) is 4.47. The van der Waals surface area contributed by atoms with E-state index in [2.05, 4.69) is 63.9 Å². The number of carbonyl (C=O) groups is 2. The van der Waals surface area contributed by atoms with E-state index < -0.39 is 0 Å². The summed E-state index contributed by atoms with van der Waals surface area (Å²) >= 11 is 0. The maximum absolute atomic E-state index is 13.8. The van der Waals surface area contributed by atoms with Gasteiger partial charge in [0.05, 0.1) is 6.10 Å². The standard InChI is InChI=1S/C37H47N5O4/c1-6-35(44)41-17-12-30(23-41)42(7-2)34-20-29(28-10-8-27(9-11-28)22-40-15-13-31(43)14-16-40)19-32(26(34)5)36(45)38-21-33-24(3)18-25(4)39-37(33)46/h6,8-11,18-20,30-31,43H,1,7,12-17,21-23H2,2-5H3,(H,38,45)(H,39,46). The molecule has 9 heteroatoms. The zero-order chi connectivity index (χ0) is 33.0. The number of aromatic amines is 1. The van der Waals surface area contributed by atoms with Gasteiger partial charge in [-0.25, -0.2) is 0 Å². The van der Waals surface area contributed by atoms with Crippen LogP contribution >= 0.6 is 0 Å². The summed E-state index contributed by atoms with van der Waals surface area (Å²) in [6, 6.07) is 14.6. The Balaban J connectivity index is 1.46. The number of aryl methyl sites for hydroxylation is 2. The number of aliphatic hydroxyl groups excluding tert-OH is 1. The maximum atomic E-state index is 13.8. The van der Waals surface area contributed by atoms with Crippen molar-refractivity contribution in [1.82, 2.24) is 20.1 Å². The van der Waals surface area contributed by atoms with E-state index in [1.165, 1.54) is 11.6 Å². The average Bonchev–Trinajstić information content (AvgIpc) is 3.52. The van der Waals surface area contributed by atoms with Gasteiger partial charge in [0.2, 0.25) is 5.91 Å². The molecular formula is C37H47N5O4. The lowest BCUT2D eigenvalue weighted by Gasteiger charge is -2.32. The Hall–Kier alpha value is -4.21. The van der Waals surface area contributed by atoms with Crippen LogP contribution in [0.2, 0.25) is 0 Å². The first kappa shape index (κ1) is 33.2. The quantitative estimate of drug-likeness (QED) is 0.287. The van der Waals surface area contributed by atoms with Crippen LogP contribution in [-0.4, -0.2) is 76.6 Å². The molecule has 0 spiro atoms. The number of H-pyrrole nitrogens is 1. The molecule has 0 radical (unpaired) electrons. The largest absolute Gasteiger partial charge is 0.393 e. The molecule has 1 unspecified atom stereocenters. The lowest BCUT2D eigenvalue weighted by molar-refractivity contribution is -0.125. The highest BCUT2D eigenvalue weighted by molar-refractivity contribution is 5.99. The van der Waals surface area contributed by atoms with E-state index in [4.69, 9.17) is 0 Å². The number of nitrogens with one attached hydrogen (secondary N) is 2. The van der Waals surface area contributed by atoms with Crippen molar-refractivity contribution >= 4 is 17.5 Å². The van der Waals surface area contributed by atoms with E-state index in [1.807, 2.05) is 37.8 Å². The molecule has 244 valence electrons. The molecule has 2 fully saturated rings. The summed E-state index contributed by atoms with van der Waals surface area (Å²) in [5.74, 6) is -0.305. The SMILES string of the molecule is C=CC(=O)N1CCC(N(CC)c2cc(-c3ccc(CN4CCC(O)CC4)cc3)cc(C(=O)NCc3c(C)cc(C)[nH]c3=O)c2C)C1. The second kappa shape index (κ2) is 14.5. The number of rotatable bonds is 10. The Morgan fingerprint density at radius 2 is 1.76 bits per heavy atom. The van der Waals surface area contributed by atoms with Crippen molar-refractivity contribution in [2.45, 2.75) is 72.2 Å². The number of piperidine rings is 1. The van der Waals surface area contributed by atoms with Crippen molar-refractivity contribution in [1.29, 1.82) is 0 Å². The van der Waals surface area contributed by atoms with Gasteiger partial charge in [-0.1, -0.05) is 30.8 Å². The van der Waals surface area contributed by atoms with Gasteiger partial charge < -0.3 is 25.2 Å². The van der Waals surface area contributed by atoms with Gasteiger partial charge >= 0.3 is 0 Å². The molecule has 1 atom stereocenters. The molecule has 2 amide bonds. The Morgan fingerprint density at radius 3 is 2.41 bits per heavy atom. The van der Waals surface area contributed by atoms with Gasteiger partial charge in [-0.05, 0) is 99.0 Å². The van der Waals surface area contributed by atoms with Crippen LogP contribution in [0.5, 0.6) is 0 Å². The molecule has 46 heavy (non-hydrogen) atoms. The van der Waals surface area contributed by atoms with Crippen LogP contribution < -0.4 is 15.8 Å². The number of aromatic nitrogens is 1. The minimum absolute atomic E-state index is 0.0636. The molecule has 3 aromatic rings. The minimum Gasteiger partial charge on any atom is -0.393 e. The number of hydrogen-bond acceptors (Lipinski definition) is 6. The van der Waals surface area contributed by atoms with E-state index in [9.17, 15) is 19.5 Å². The van der Waals surface area contributed by atoms with Crippen LogP contribution in [0.3, 0.4) is 0 Å².